The Morgan fingerprint density at radius 3 is 2.69 bits per heavy atom. The minimum absolute atomic E-state index is 0.0267. The van der Waals surface area contributed by atoms with E-state index in [9.17, 15) is 9.59 Å². The Hall–Kier alpha value is -3.20. The van der Waals surface area contributed by atoms with Gasteiger partial charge in [-0.1, -0.05) is 11.2 Å². The van der Waals surface area contributed by atoms with E-state index in [1.165, 1.54) is 11.3 Å². The van der Waals surface area contributed by atoms with Crippen LogP contribution >= 0.6 is 11.3 Å². The van der Waals surface area contributed by atoms with Gasteiger partial charge in [0.05, 0.1) is 17.0 Å². The molecule has 0 atom stereocenters. The predicted molar refractivity (Wildman–Crippen MR) is 121 cm³/mol. The largest absolute Gasteiger partial charge is 0.489 e. The minimum Gasteiger partial charge on any atom is -0.489 e. The van der Waals surface area contributed by atoms with Crippen LogP contribution in [0.3, 0.4) is 0 Å². The summed E-state index contributed by atoms with van der Waals surface area (Å²) in [6.07, 6.45) is 1.26. The maximum absolute atomic E-state index is 13.0. The van der Waals surface area contributed by atoms with Gasteiger partial charge in [-0.2, -0.15) is 0 Å². The second-order valence-corrected chi connectivity index (χ2v) is 8.83. The van der Waals surface area contributed by atoms with Gasteiger partial charge in [0.2, 0.25) is 5.91 Å². The summed E-state index contributed by atoms with van der Waals surface area (Å²) in [6.45, 7) is 7.03. The number of hydrogen-bond donors (Lipinski definition) is 1. The molecule has 1 fully saturated rings. The van der Waals surface area contributed by atoms with Gasteiger partial charge in [0.1, 0.15) is 18.1 Å². The van der Waals surface area contributed by atoms with Gasteiger partial charge in [0, 0.05) is 30.0 Å². The Kier molecular flexibility index (Phi) is 6.55. The molecule has 3 heterocycles. The molecule has 0 unspecified atom stereocenters. The number of carbonyl (C=O) groups excluding carboxylic acids is 2. The number of likely N-dealkylation sites (tertiary alicyclic amines) is 1. The van der Waals surface area contributed by atoms with E-state index in [2.05, 4.69) is 15.5 Å². The van der Waals surface area contributed by atoms with E-state index in [0.29, 0.717) is 49.0 Å². The van der Waals surface area contributed by atoms with E-state index in [4.69, 9.17) is 9.26 Å². The van der Waals surface area contributed by atoms with Gasteiger partial charge in [0.25, 0.3) is 5.91 Å². The fourth-order valence-corrected chi connectivity index (χ4v) is 4.42. The molecule has 3 aromatic rings. The second kappa shape index (κ2) is 9.52. The molecule has 1 aliphatic heterocycles. The zero-order chi connectivity index (χ0) is 22.7. The number of piperidine rings is 1. The summed E-state index contributed by atoms with van der Waals surface area (Å²) in [6, 6.07) is 7.18. The smallest absolute Gasteiger partial charge is 0.253 e. The number of nitrogens with one attached hydrogen (secondary N) is 1. The summed E-state index contributed by atoms with van der Waals surface area (Å²) < 4.78 is 11.0. The number of carbonyl (C=O) groups is 2. The quantitative estimate of drug-likeness (QED) is 0.602. The summed E-state index contributed by atoms with van der Waals surface area (Å²) in [5.74, 6) is 1.15. The van der Waals surface area contributed by atoms with E-state index in [1.807, 2.05) is 38.3 Å². The molecule has 32 heavy (non-hydrogen) atoms. The number of aryl methyl sites for hydroxylation is 3. The summed E-state index contributed by atoms with van der Waals surface area (Å²) in [5, 5.41) is 9.35. The molecule has 0 aliphatic carbocycles. The van der Waals surface area contributed by atoms with Crippen molar-refractivity contribution in [3.8, 4) is 5.75 Å². The third kappa shape index (κ3) is 4.99. The van der Waals surface area contributed by atoms with E-state index in [0.717, 1.165) is 22.7 Å². The first kappa shape index (κ1) is 22.0. The van der Waals surface area contributed by atoms with Crippen molar-refractivity contribution < 1.29 is 18.8 Å². The number of nitrogens with zero attached hydrogens (tertiary/aromatic N) is 3. The number of thiazole rings is 1. The van der Waals surface area contributed by atoms with Crippen molar-refractivity contribution >= 4 is 28.3 Å². The van der Waals surface area contributed by atoms with Gasteiger partial charge >= 0.3 is 0 Å². The highest BCUT2D eigenvalue weighted by Gasteiger charge is 2.28. The van der Waals surface area contributed by atoms with Crippen LogP contribution in [0.15, 0.2) is 34.2 Å². The molecule has 4 rings (SSSR count). The van der Waals surface area contributed by atoms with Crippen LogP contribution in [0.25, 0.3) is 0 Å². The number of ether oxygens (including phenoxy) is 1. The number of hydrogen-bond acceptors (Lipinski definition) is 7. The molecule has 2 aromatic heterocycles. The van der Waals surface area contributed by atoms with Gasteiger partial charge < -0.3 is 19.5 Å². The van der Waals surface area contributed by atoms with Crippen LogP contribution in [0.4, 0.5) is 5.13 Å². The second-order valence-electron chi connectivity index (χ2n) is 7.97. The van der Waals surface area contributed by atoms with Crippen molar-refractivity contribution in [2.45, 2.75) is 40.2 Å². The monoisotopic (exact) mass is 454 g/mol. The van der Waals surface area contributed by atoms with Crippen LogP contribution in [0, 0.1) is 26.7 Å². The number of anilines is 1. The molecule has 0 bridgehead atoms. The standard InChI is InChI=1S/C23H26N4O4S/c1-14-13-32-23(24-14)25-21(28)17-7-9-27(10-8-17)22(29)18-5-4-6-19(11-18)30-12-20-15(2)26-31-16(20)3/h4-6,11,13,17H,7-10,12H2,1-3H3,(H,24,25,28). The average Bonchev–Trinajstić information content (AvgIpc) is 3.36. The number of benzene rings is 1. The molecule has 1 aliphatic rings. The van der Waals surface area contributed by atoms with Gasteiger partial charge in [-0.3, -0.25) is 9.59 Å². The maximum Gasteiger partial charge on any atom is 0.253 e. The molecule has 1 saturated heterocycles. The fourth-order valence-electron chi connectivity index (χ4n) is 3.73. The first-order chi connectivity index (χ1) is 15.4. The molecule has 1 N–H and O–H groups in total. The zero-order valence-electron chi connectivity index (χ0n) is 18.4. The van der Waals surface area contributed by atoms with Crippen molar-refractivity contribution in [2.75, 3.05) is 18.4 Å². The van der Waals surface area contributed by atoms with Gasteiger partial charge in [-0.15, -0.1) is 11.3 Å². The third-order valence-electron chi connectivity index (χ3n) is 5.65. The molecule has 168 valence electrons. The molecule has 8 nitrogen and oxygen atoms in total. The van der Waals surface area contributed by atoms with Crippen molar-refractivity contribution in [2.24, 2.45) is 5.92 Å². The van der Waals surface area contributed by atoms with E-state index in [1.54, 1.807) is 17.0 Å². The van der Waals surface area contributed by atoms with E-state index in [-0.39, 0.29) is 17.7 Å². The van der Waals surface area contributed by atoms with E-state index < -0.39 is 0 Å². The molecule has 2 amide bonds. The highest BCUT2D eigenvalue weighted by Crippen LogP contribution is 2.24. The highest BCUT2D eigenvalue weighted by atomic mass is 32.1. The molecular formula is C23H26N4O4S. The predicted octanol–water partition coefficient (Wildman–Crippen LogP) is 4.13. The molecule has 0 radical (unpaired) electrons. The average molecular weight is 455 g/mol. The Morgan fingerprint density at radius 1 is 1.25 bits per heavy atom. The van der Waals surface area contributed by atoms with Crippen LogP contribution in [0.2, 0.25) is 0 Å². The lowest BCUT2D eigenvalue weighted by molar-refractivity contribution is -0.121. The molecule has 0 spiro atoms. The first-order valence-corrected chi connectivity index (χ1v) is 11.5. The van der Waals surface area contributed by atoms with E-state index >= 15 is 0 Å². The van der Waals surface area contributed by atoms with Crippen molar-refractivity contribution in [3.63, 3.8) is 0 Å². The first-order valence-electron chi connectivity index (χ1n) is 10.6. The fraction of sp³-hybridized carbons (Fsp3) is 0.391. The van der Waals surface area contributed by atoms with Crippen molar-refractivity contribution in [1.29, 1.82) is 0 Å². The lowest BCUT2D eigenvalue weighted by atomic mass is 9.95. The number of aromatic nitrogens is 2. The van der Waals surface area contributed by atoms with Crippen LogP contribution < -0.4 is 10.1 Å². The molecular weight excluding hydrogens is 428 g/mol. The summed E-state index contributed by atoms with van der Waals surface area (Å²) in [5.41, 5.74) is 3.17. The van der Waals surface area contributed by atoms with Gasteiger partial charge in [-0.05, 0) is 51.8 Å². The molecule has 1 aromatic carbocycles. The summed E-state index contributed by atoms with van der Waals surface area (Å²) in [7, 11) is 0. The summed E-state index contributed by atoms with van der Waals surface area (Å²) >= 11 is 1.42. The SMILES string of the molecule is Cc1csc(NC(=O)C2CCN(C(=O)c3cccc(OCc4c(C)noc4C)c3)CC2)n1. The molecule has 9 heteroatoms. The topological polar surface area (TPSA) is 97.6 Å². The molecule has 0 saturated carbocycles. The lowest BCUT2D eigenvalue weighted by Gasteiger charge is -2.31. The Bertz CT molecular complexity index is 1100. The number of amides is 2. The Morgan fingerprint density at radius 2 is 2.03 bits per heavy atom. The highest BCUT2D eigenvalue weighted by molar-refractivity contribution is 7.13. The van der Waals surface area contributed by atoms with Crippen LogP contribution in [-0.2, 0) is 11.4 Å². The van der Waals surface area contributed by atoms with Gasteiger partial charge in [-0.25, -0.2) is 4.98 Å². The van der Waals surface area contributed by atoms with Gasteiger partial charge in [0.15, 0.2) is 5.13 Å². The van der Waals surface area contributed by atoms with Crippen LogP contribution in [0.1, 0.15) is 45.9 Å². The maximum atomic E-state index is 13.0. The minimum atomic E-state index is -0.118. The Balaban J connectivity index is 1.32. The normalized spacial score (nSPS) is 14.4. The van der Waals surface area contributed by atoms with Crippen molar-refractivity contribution in [3.05, 3.63) is 57.9 Å². The van der Waals surface area contributed by atoms with Crippen molar-refractivity contribution in [1.82, 2.24) is 15.0 Å². The Labute approximate surface area is 190 Å². The zero-order valence-corrected chi connectivity index (χ0v) is 19.2. The van der Waals surface area contributed by atoms with Crippen LogP contribution in [-0.4, -0.2) is 39.9 Å². The van der Waals surface area contributed by atoms with Crippen LogP contribution in [0.5, 0.6) is 5.75 Å². The number of rotatable bonds is 6. The summed E-state index contributed by atoms with van der Waals surface area (Å²) in [4.78, 5) is 31.6. The third-order valence-corrected chi connectivity index (χ3v) is 6.52. The lowest BCUT2D eigenvalue weighted by Crippen LogP contribution is -2.41.